The molecule has 2 bridgehead atoms. The zero-order valence-electron chi connectivity index (χ0n) is 16.6. The van der Waals surface area contributed by atoms with E-state index in [1.54, 1.807) is 24.3 Å². The molecule has 2 heterocycles. The Bertz CT molecular complexity index is 954. The third kappa shape index (κ3) is 5.70. The molecule has 12 nitrogen and oxygen atoms in total. The zero-order valence-corrected chi connectivity index (χ0v) is 17.4. The number of carbonyl (C=O) groups is 3. The second kappa shape index (κ2) is 9.60. The standard InChI is InChI=1S/C18H24N4O8S/c19-7-8-29-16-4-2-1-3-12(16)9-14(23)10-20-17(24)15-6-5-13-11-21(15)18(25)22(13)30-31(26,27)28/h1-4,13,15H,5-11,19H2,(H,20,24)(H,26,27,28)/t13-,15+/m1/s1. The number of benzene rings is 1. The van der Waals surface area contributed by atoms with Crippen molar-refractivity contribution in [1.82, 2.24) is 15.3 Å². The molecule has 0 spiro atoms. The molecular weight excluding hydrogens is 432 g/mol. The number of nitrogens with one attached hydrogen (secondary N) is 1. The Labute approximate surface area is 179 Å². The molecule has 2 aliphatic heterocycles. The van der Waals surface area contributed by atoms with Gasteiger partial charge in [0.1, 0.15) is 18.4 Å². The van der Waals surface area contributed by atoms with Crippen molar-refractivity contribution in [2.24, 2.45) is 5.73 Å². The fourth-order valence-electron chi connectivity index (χ4n) is 3.64. The van der Waals surface area contributed by atoms with Crippen molar-refractivity contribution in [2.75, 3.05) is 26.2 Å². The second-order valence-corrected chi connectivity index (χ2v) is 8.19. The molecule has 0 radical (unpaired) electrons. The number of rotatable bonds is 10. The molecule has 2 saturated heterocycles. The van der Waals surface area contributed by atoms with Crippen LogP contribution in [0.5, 0.6) is 5.75 Å². The highest BCUT2D eigenvalue weighted by Gasteiger charge is 2.49. The van der Waals surface area contributed by atoms with Crippen LogP contribution in [0, 0.1) is 0 Å². The normalized spacial score (nSPS) is 20.6. The van der Waals surface area contributed by atoms with E-state index in [0.717, 1.165) is 4.90 Å². The number of carbonyl (C=O) groups excluding carboxylic acids is 3. The summed E-state index contributed by atoms with van der Waals surface area (Å²) in [6.45, 7) is 0.485. The molecule has 3 amide bonds. The number of urea groups is 1. The van der Waals surface area contributed by atoms with E-state index < -0.39 is 34.4 Å². The number of ether oxygens (including phenoxy) is 1. The van der Waals surface area contributed by atoms with E-state index in [1.165, 1.54) is 0 Å². The first-order chi connectivity index (χ1) is 14.7. The number of hydrogen-bond acceptors (Lipinski definition) is 8. The van der Waals surface area contributed by atoms with Gasteiger partial charge in [-0.15, -0.1) is 4.28 Å². The molecule has 4 N–H and O–H groups in total. The lowest BCUT2D eigenvalue weighted by Crippen LogP contribution is -2.50. The number of hydrogen-bond donors (Lipinski definition) is 3. The topological polar surface area (TPSA) is 169 Å². The Morgan fingerprint density at radius 1 is 1.26 bits per heavy atom. The average molecular weight is 456 g/mol. The van der Waals surface area contributed by atoms with Crippen molar-refractivity contribution < 1.29 is 36.4 Å². The molecule has 1 aromatic carbocycles. The van der Waals surface area contributed by atoms with Crippen molar-refractivity contribution in [3.8, 4) is 5.75 Å². The first-order valence-electron chi connectivity index (χ1n) is 9.66. The van der Waals surface area contributed by atoms with Crippen LogP contribution in [0.4, 0.5) is 4.79 Å². The second-order valence-electron chi connectivity index (χ2n) is 7.19. The molecule has 0 saturated carbocycles. The summed E-state index contributed by atoms with van der Waals surface area (Å²) in [7, 11) is -4.86. The molecule has 0 unspecified atom stereocenters. The molecule has 31 heavy (non-hydrogen) atoms. The van der Waals surface area contributed by atoms with Crippen molar-refractivity contribution in [3.63, 3.8) is 0 Å². The van der Waals surface area contributed by atoms with E-state index in [2.05, 4.69) is 9.60 Å². The maximum Gasteiger partial charge on any atom is 0.418 e. The number of amides is 3. The Hall–Kier alpha value is -2.74. The summed E-state index contributed by atoms with van der Waals surface area (Å²) in [5.74, 6) is -0.232. The quantitative estimate of drug-likeness (QED) is 0.384. The maximum absolute atomic E-state index is 12.6. The minimum atomic E-state index is -4.86. The third-order valence-electron chi connectivity index (χ3n) is 5.00. The van der Waals surface area contributed by atoms with Crippen LogP contribution in [0.25, 0.3) is 0 Å². The number of nitrogens with zero attached hydrogens (tertiary/aromatic N) is 2. The molecule has 2 atom stereocenters. The fourth-order valence-corrected chi connectivity index (χ4v) is 4.03. The van der Waals surface area contributed by atoms with Gasteiger partial charge in [0.15, 0.2) is 5.78 Å². The Balaban J connectivity index is 1.55. The number of para-hydroxylation sites is 1. The monoisotopic (exact) mass is 456 g/mol. The van der Waals surface area contributed by atoms with E-state index in [1.807, 2.05) is 0 Å². The van der Waals surface area contributed by atoms with Crippen LogP contribution in [-0.2, 0) is 30.7 Å². The molecule has 13 heteroatoms. The summed E-state index contributed by atoms with van der Waals surface area (Å²) in [6.07, 6.45) is 0.611. The Morgan fingerprint density at radius 2 is 2.00 bits per heavy atom. The number of hydroxylamine groups is 2. The highest BCUT2D eigenvalue weighted by molar-refractivity contribution is 7.80. The highest BCUT2D eigenvalue weighted by Crippen LogP contribution is 2.30. The van der Waals surface area contributed by atoms with Crippen LogP contribution in [0.1, 0.15) is 18.4 Å². The zero-order chi connectivity index (χ0) is 22.6. The third-order valence-corrected chi connectivity index (χ3v) is 5.34. The first kappa shape index (κ1) is 22.9. The molecular formula is C18H24N4O8S. The lowest BCUT2D eigenvalue weighted by molar-refractivity contribution is -0.128. The fraction of sp³-hybridized carbons (Fsp3) is 0.500. The summed E-state index contributed by atoms with van der Waals surface area (Å²) in [6, 6.07) is 4.73. The van der Waals surface area contributed by atoms with Crippen molar-refractivity contribution >= 4 is 28.1 Å². The number of fused-ring (bicyclic) bond motifs is 2. The van der Waals surface area contributed by atoms with Crippen LogP contribution in [0.15, 0.2) is 24.3 Å². The smallest absolute Gasteiger partial charge is 0.418 e. The van der Waals surface area contributed by atoms with Gasteiger partial charge >= 0.3 is 16.4 Å². The Kier molecular flexibility index (Phi) is 7.10. The van der Waals surface area contributed by atoms with E-state index in [4.69, 9.17) is 15.0 Å². The van der Waals surface area contributed by atoms with Gasteiger partial charge in [-0.1, -0.05) is 18.2 Å². The van der Waals surface area contributed by atoms with Gasteiger partial charge in [0, 0.05) is 25.1 Å². The molecule has 2 fully saturated rings. The molecule has 3 rings (SSSR count). The van der Waals surface area contributed by atoms with Crippen LogP contribution in [0.2, 0.25) is 0 Å². The number of piperidine rings is 1. The lowest BCUT2D eigenvalue weighted by atomic mass is 10.00. The lowest BCUT2D eigenvalue weighted by Gasteiger charge is -2.29. The minimum Gasteiger partial charge on any atom is -0.492 e. The predicted octanol–water partition coefficient (Wildman–Crippen LogP) is -0.745. The van der Waals surface area contributed by atoms with Gasteiger partial charge in [0.2, 0.25) is 5.91 Å². The molecule has 0 aliphatic carbocycles. The van der Waals surface area contributed by atoms with E-state index >= 15 is 0 Å². The molecule has 2 aliphatic rings. The number of ketones is 1. The van der Waals surface area contributed by atoms with Crippen LogP contribution in [0.3, 0.4) is 0 Å². The van der Waals surface area contributed by atoms with Crippen LogP contribution < -0.4 is 15.8 Å². The highest BCUT2D eigenvalue weighted by atomic mass is 32.3. The van der Waals surface area contributed by atoms with Gasteiger partial charge in [-0.2, -0.15) is 13.5 Å². The van der Waals surface area contributed by atoms with E-state index in [9.17, 15) is 22.8 Å². The predicted molar refractivity (Wildman–Crippen MR) is 106 cm³/mol. The minimum absolute atomic E-state index is 0.0480. The number of nitrogens with two attached hydrogens (primary N) is 1. The van der Waals surface area contributed by atoms with Crippen molar-refractivity contribution in [3.05, 3.63) is 29.8 Å². The van der Waals surface area contributed by atoms with Gasteiger partial charge in [-0.05, 0) is 18.9 Å². The van der Waals surface area contributed by atoms with Gasteiger partial charge in [-0.25, -0.2) is 4.79 Å². The van der Waals surface area contributed by atoms with Crippen LogP contribution in [-0.4, -0.2) is 79.0 Å². The first-order valence-corrected chi connectivity index (χ1v) is 11.0. The summed E-state index contributed by atoms with van der Waals surface area (Å²) in [5, 5.41) is 3.09. The SMILES string of the molecule is NCCOc1ccccc1CC(=O)CNC(=O)[C@@H]1CC[C@@H]2CN1C(=O)N2OS(=O)(=O)O. The van der Waals surface area contributed by atoms with Gasteiger partial charge in [0.05, 0.1) is 12.6 Å². The van der Waals surface area contributed by atoms with E-state index in [-0.39, 0.29) is 31.7 Å². The van der Waals surface area contributed by atoms with Gasteiger partial charge < -0.3 is 20.7 Å². The number of Topliss-reactive ketones (excluding diaryl/α,β-unsaturated/α-hetero) is 1. The average Bonchev–Trinajstić information content (AvgIpc) is 2.95. The summed E-state index contributed by atoms with van der Waals surface area (Å²) in [4.78, 5) is 38.5. The largest absolute Gasteiger partial charge is 0.492 e. The van der Waals surface area contributed by atoms with Crippen molar-refractivity contribution in [1.29, 1.82) is 0 Å². The van der Waals surface area contributed by atoms with E-state index in [0.29, 0.717) is 35.9 Å². The molecule has 0 aromatic heterocycles. The molecule has 1 aromatic rings. The van der Waals surface area contributed by atoms with Crippen molar-refractivity contribution in [2.45, 2.75) is 31.3 Å². The summed E-state index contributed by atoms with van der Waals surface area (Å²) in [5.41, 5.74) is 6.10. The maximum atomic E-state index is 12.6. The van der Waals surface area contributed by atoms with Crippen LogP contribution >= 0.6 is 0 Å². The summed E-state index contributed by atoms with van der Waals surface area (Å²) >= 11 is 0. The van der Waals surface area contributed by atoms with Gasteiger partial charge in [-0.3, -0.25) is 14.1 Å². The van der Waals surface area contributed by atoms with Gasteiger partial charge in [0.25, 0.3) is 0 Å². The summed E-state index contributed by atoms with van der Waals surface area (Å²) < 4.78 is 40.5. The molecule has 170 valence electrons. The Morgan fingerprint density at radius 3 is 2.71 bits per heavy atom.